The van der Waals surface area contributed by atoms with Crippen LogP contribution in [0.5, 0.6) is 0 Å². The lowest BCUT2D eigenvalue weighted by Crippen LogP contribution is -2.50. The van der Waals surface area contributed by atoms with E-state index in [2.05, 4.69) is 17.6 Å². The van der Waals surface area contributed by atoms with Crippen LogP contribution in [0, 0.1) is 0 Å². The smallest absolute Gasteiger partial charge is 0.418 e. The van der Waals surface area contributed by atoms with Crippen molar-refractivity contribution in [2.75, 3.05) is 67.6 Å². The first-order valence-electron chi connectivity index (χ1n) is 17.1. The number of alkyl carbamates (subject to hydrolysis) is 1. The van der Waals surface area contributed by atoms with Gasteiger partial charge in [0.15, 0.2) is 0 Å². The van der Waals surface area contributed by atoms with Gasteiger partial charge in [0, 0.05) is 20.2 Å². The Balaban J connectivity index is 3.94. The molecule has 0 aromatic carbocycles. The van der Waals surface area contributed by atoms with E-state index in [0.29, 0.717) is 24.1 Å². The molecule has 0 aromatic rings. The molecule has 0 radical (unpaired) electrons. The highest BCUT2D eigenvalue weighted by atomic mass is 16.6. The third-order valence-electron chi connectivity index (χ3n) is 7.41. The molecule has 0 spiro atoms. The van der Waals surface area contributed by atoms with Crippen LogP contribution in [0.2, 0.25) is 0 Å². The molecule has 0 heterocycles. The van der Waals surface area contributed by atoms with E-state index in [1.807, 2.05) is 28.1 Å². The second-order valence-corrected chi connectivity index (χ2v) is 12.7. The van der Waals surface area contributed by atoms with E-state index in [1.54, 1.807) is 0 Å². The summed E-state index contributed by atoms with van der Waals surface area (Å²) in [6.45, 7) is 5.84. The Morgan fingerprint density at radius 2 is 1.14 bits per heavy atom. The predicted molar refractivity (Wildman–Crippen MR) is 174 cm³/mol. The van der Waals surface area contributed by atoms with Crippen molar-refractivity contribution < 1.29 is 33.1 Å². The maximum atomic E-state index is 12.7. The third-order valence-corrected chi connectivity index (χ3v) is 7.41. The van der Waals surface area contributed by atoms with Crippen LogP contribution in [0.3, 0.4) is 0 Å². The first kappa shape index (κ1) is 40.9. The van der Waals surface area contributed by atoms with E-state index in [0.717, 1.165) is 24.2 Å². The number of carbonyl (C=O) groups is 3. The number of amides is 4. The summed E-state index contributed by atoms with van der Waals surface area (Å²) in [5.74, 6) is 0. The van der Waals surface area contributed by atoms with E-state index in [1.165, 1.54) is 97.0 Å². The molecule has 0 fully saturated rings. The van der Waals surface area contributed by atoms with Crippen molar-refractivity contribution in [3.63, 3.8) is 0 Å². The number of quaternary nitrogens is 1. The number of likely N-dealkylation sites (N-methyl/N-ethyl adjacent to an activating group) is 1. The number of ether oxygens (including phenoxy) is 3. The van der Waals surface area contributed by atoms with E-state index in [-0.39, 0.29) is 19.8 Å². The maximum Gasteiger partial charge on any atom is 0.418 e. The van der Waals surface area contributed by atoms with Crippen LogP contribution in [-0.4, -0.2) is 101 Å². The molecule has 0 rings (SSSR count). The fraction of sp³-hybridized carbons (Fsp3) is 0.909. The molecule has 1 atom stereocenters. The number of hydrogen-bond donors (Lipinski definition) is 2. The average Bonchev–Trinajstić information content (AvgIpc) is 2.97. The zero-order chi connectivity index (χ0) is 32.2. The van der Waals surface area contributed by atoms with Crippen LogP contribution in [0.25, 0.3) is 0 Å². The molecular formula is C33H67N4O6+. The van der Waals surface area contributed by atoms with Crippen LogP contribution in [0.15, 0.2) is 0 Å². The molecule has 10 nitrogen and oxygen atoms in total. The second-order valence-electron chi connectivity index (χ2n) is 12.7. The quantitative estimate of drug-likeness (QED) is 0.0745. The molecule has 2 N–H and O–H groups in total. The highest BCUT2D eigenvalue weighted by Gasteiger charge is 2.26. The first-order valence-corrected chi connectivity index (χ1v) is 17.1. The number of methoxy groups -OCH3 is 1. The van der Waals surface area contributed by atoms with Gasteiger partial charge < -0.3 is 29.3 Å². The van der Waals surface area contributed by atoms with Gasteiger partial charge in [0.05, 0.1) is 34.2 Å². The van der Waals surface area contributed by atoms with E-state index in [4.69, 9.17) is 14.2 Å². The van der Waals surface area contributed by atoms with Gasteiger partial charge in [-0.25, -0.2) is 19.3 Å². The first-order chi connectivity index (χ1) is 20.6. The van der Waals surface area contributed by atoms with Crippen molar-refractivity contribution >= 4 is 18.2 Å². The van der Waals surface area contributed by atoms with Crippen molar-refractivity contribution in [3.05, 3.63) is 0 Å². The molecule has 4 amide bonds. The standard InChI is InChI=1S/C33H66N4O6/c1-7-9-10-11-12-13-14-15-16-17-18-19-20-21-22-23-25-35-32(39)42-28-30(41-6)29-43-33(40)36(26-27-37(3,4)5)31(38)34-24-8-2/h30H,7-29H2,1-6H3,(H-,34,35,38,39)/p+1. The normalized spacial score (nSPS) is 12.0. The number of unbranched alkanes of at least 4 members (excludes halogenated alkanes) is 15. The van der Waals surface area contributed by atoms with Crippen LogP contribution in [0.1, 0.15) is 123 Å². The fourth-order valence-corrected chi connectivity index (χ4v) is 4.51. The molecule has 0 bridgehead atoms. The molecule has 43 heavy (non-hydrogen) atoms. The molecule has 254 valence electrons. The molecule has 0 aliphatic heterocycles. The summed E-state index contributed by atoms with van der Waals surface area (Å²) in [7, 11) is 7.41. The fourth-order valence-electron chi connectivity index (χ4n) is 4.51. The summed E-state index contributed by atoms with van der Waals surface area (Å²) in [6.07, 6.45) is 19.8. The minimum atomic E-state index is -0.753. The summed E-state index contributed by atoms with van der Waals surface area (Å²) in [5.41, 5.74) is 0. The lowest BCUT2D eigenvalue weighted by atomic mass is 10.0. The minimum Gasteiger partial charge on any atom is -0.447 e. The second kappa shape index (κ2) is 27.5. The van der Waals surface area contributed by atoms with E-state index in [9.17, 15) is 14.4 Å². The highest BCUT2D eigenvalue weighted by Crippen LogP contribution is 2.13. The van der Waals surface area contributed by atoms with Gasteiger partial charge in [0.1, 0.15) is 19.3 Å². The Morgan fingerprint density at radius 3 is 1.60 bits per heavy atom. The van der Waals surface area contributed by atoms with Gasteiger partial charge in [-0.15, -0.1) is 0 Å². The largest absolute Gasteiger partial charge is 0.447 e. The third kappa shape index (κ3) is 26.1. The minimum absolute atomic E-state index is 0.0600. The molecule has 0 saturated heterocycles. The molecular weight excluding hydrogens is 548 g/mol. The Kier molecular flexibility index (Phi) is 26.2. The van der Waals surface area contributed by atoms with Crippen molar-refractivity contribution in [2.45, 2.75) is 129 Å². The highest BCUT2D eigenvalue weighted by molar-refractivity contribution is 5.90. The summed E-state index contributed by atoms with van der Waals surface area (Å²) < 4.78 is 16.5. The Hall–Kier alpha value is -2.07. The van der Waals surface area contributed by atoms with Crippen LogP contribution >= 0.6 is 0 Å². The number of nitrogens with one attached hydrogen (secondary N) is 2. The number of hydrogen-bond acceptors (Lipinski definition) is 6. The summed E-state index contributed by atoms with van der Waals surface area (Å²) in [6, 6.07) is -0.487. The number of imide groups is 1. The number of urea groups is 1. The van der Waals surface area contributed by atoms with Gasteiger partial charge in [-0.1, -0.05) is 110 Å². The molecule has 0 saturated carbocycles. The molecule has 0 aliphatic rings. The molecule has 0 aliphatic carbocycles. The van der Waals surface area contributed by atoms with Crippen LogP contribution in [-0.2, 0) is 14.2 Å². The Morgan fingerprint density at radius 1 is 0.651 bits per heavy atom. The summed E-state index contributed by atoms with van der Waals surface area (Å²) in [5, 5.41) is 5.49. The van der Waals surface area contributed by atoms with Crippen molar-refractivity contribution in [1.82, 2.24) is 15.5 Å². The lowest BCUT2D eigenvalue weighted by Gasteiger charge is -2.28. The van der Waals surface area contributed by atoms with Gasteiger partial charge in [-0.2, -0.15) is 0 Å². The van der Waals surface area contributed by atoms with Crippen LogP contribution < -0.4 is 10.6 Å². The monoisotopic (exact) mass is 616 g/mol. The van der Waals surface area contributed by atoms with Gasteiger partial charge in [-0.3, -0.25) is 0 Å². The molecule has 10 heteroatoms. The topological polar surface area (TPSA) is 106 Å². The van der Waals surface area contributed by atoms with Gasteiger partial charge >= 0.3 is 18.2 Å². The van der Waals surface area contributed by atoms with Crippen molar-refractivity contribution in [3.8, 4) is 0 Å². The number of carbonyl (C=O) groups excluding carboxylic acids is 3. The molecule has 1 unspecified atom stereocenters. The van der Waals surface area contributed by atoms with Gasteiger partial charge in [0.2, 0.25) is 0 Å². The Labute approximate surface area is 263 Å². The number of rotatable bonds is 27. The van der Waals surface area contributed by atoms with Gasteiger partial charge in [0.25, 0.3) is 0 Å². The lowest BCUT2D eigenvalue weighted by molar-refractivity contribution is -0.869. The number of nitrogens with zero attached hydrogens (tertiary/aromatic N) is 2. The Bertz CT molecular complexity index is 701. The van der Waals surface area contributed by atoms with Crippen LogP contribution in [0.4, 0.5) is 14.4 Å². The van der Waals surface area contributed by atoms with E-state index < -0.39 is 24.3 Å². The predicted octanol–water partition coefficient (Wildman–Crippen LogP) is 7.25. The SMILES string of the molecule is CCCCCCCCCCCCCCCCCCNC(=O)OCC(COC(=O)N(CC[N+](C)(C)C)C(=O)NCCC)OC. The maximum absolute atomic E-state index is 12.7. The van der Waals surface area contributed by atoms with E-state index >= 15 is 0 Å². The van der Waals surface area contributed by atoms with Crippen molar-refractivity contribution in [1.29, 1.82) is 0 Å². The van der Waals surface area contributed by atoms with Gasteiger partial charge in [-0.05, 0) is 12.8 Å². The summed E-state index contributed by atoms with van der Waals surface area (Å²) in [4.78, 5) is 38.3. The average molecular weight is 616 g/mol. The summed E-state index contributed by atoms with van der Waals surface area (Å²) >= 11 is 0. The zero-order valence-corrected chi connectivity index (χ0v) is 28.7. The molecule has 0 aromatic heterocycles. The zero-order valence-electron chi connectivity index (χ0n) is 28.7. The van der Waals surface area contributed by atoms with Crippen molar-refractivity contribution in [2.24, 2.45) is 0 Å².